The molecule has 72 valence electrons. The van der Waals surface area contributed by atoms with Gasteiger partial charge in [-0.15, -0.1) is 0 Å². The van der Waals surface area contributed by atoms with Crippen molar-refractivity contribution in [3.05, 3.63) is 0 Å². The van der Waals surface area contributed by atoms with E-state index in [2.05, 4.69) is 13.8 Å². The molecular weight excluding hydrogens is 156 g/mol. The molecule has 0 rings (SSSR count). The molecule has 1 amide bonds. The van der Waals surface area contributed by atoms with Crippen molar-refractivity contribution in [3.8, 4) is 0 Å². The molecule has 12 heavy (non-hydrogen) atoms. The third-order valence-corrected chi connectivity index (χ3v) is 1.65. The van der Waals surface area contributed by atoms with E-state index in [1.807, 2.05) is 0 Å². The second-order valence-electron chi connectivity index (χ2n) is 3.37. The lowest BCUT2D eigenvalue weighted by Crippen LogP contribution is -2.91. The number of amides is 1. The Labute approximate surface area is 73.1 Å². The summed E-state index contributed by atoms with van der Waals surface area (Å²) in [6.07, 6.45) is 0.990. The summed E-state index contributed by atoms with van der Waals surface area (Å²) >= 11 is 0. The number of carbonyl (C=O) groups excluding carboxylic acids is 1. The number of nitrogens with two attached hydrogens (primary N) is 2. The van der Waals surface area contributed by atoms with Crippen molar-refractivity contribution >= 4 is 5.91 Å². The molecule has 0 radical (unpaired) electrons. The molecule has 4 nitrogen and oxygen atoms in total. The monoisotopic (exact) mass is 175 g/mol. The van der Waals surface area contributed by atoms with E-state index in [4.69, 9.17) is 10.8 Å². The molecule has 1 atom stereocenters. The van der Waals surface area contributed by atoms with Crippen molar-refractivity contribution < 1.29 is 15.2 Å². The van der Waals surface area contributed by atoms with Gasteiger partial charge in [0.15, 0.2) is 0 Å². The molecule has 0 spiro atoms. The van der Waals surface area contributed by atoms with Gasteiger partial charge in [0.1, 0.15) is 6.04 Å². The summed E-state index contributed by atoms with van der Waals surface area (Å²) in [4.78, 5) is 11.0. The van der Waals surface area contributed by atoms with E-state index in [0.29, 0.717) is 5.92 Å². The van der Waals surface area contributed by atoms with Gasteiger partial charge in [0, 0.05) is 0 Å². The minimum absolute atomic E-state index is 0.154. The normalized spacial score (nSPS) is 13.4. The highest BCUT2D eigenvalue weighted by Gasteiger charge is 2.15. The van der Waals surface area contributed by atoms with Crippen LogP contribution in [0.15, 0.2) is 0 Å². The lowest BCUT2D eigenvalue weighted by Gasteiger charge is -2.05. The molecule has 0 aromatic rings. The summed E-state index contributed by atoms with van der Waals surface area (Å²) in [7, 11) is 0. The number of quaternary nitrogens is 1. The number of carbonyl (C=O) groups is 1. The fourth-order valence-electron chi connectivity index (χ4n) is 0.800. The van der Waals surface area contributed by atoms with Crippen LogP contribution in [0.25, 0.3) is 0 Å². The second kappa shape index (κ2) is 6.11. The van der Waals surface area contributed by atoms with Crippen molar-refractivity contribution in [2.75, 3.05) is 13.2 Å². The maximum absolute atomic E-state index is 11.0. The maximum atomic E-state index is 11.0. The van der Waals surface area contributed by atoms with Gasteiger partial charge in [0.25, 0.3) is 0 Å². The first-order valence-electron chi connectivity index (χ1n) is 4.31. The first-order chi connectivity index (χ1) is 5.57. The highest BCUT2D eigenvalue weighted by atomic mass is 16.3. The van der Waals surface area contributed by atoms with Crippen molar-refractivity contribution in [3.63, 3.8) is 0 Å². The fraction of sp³-hybridized carbons (Fsp3) is 0.875. The Morgan fingerprint density at radius 2 is 2.17 bits per heavy atom. The summed E-state index contributed by atoms with van der Waals surface area (Å²) in [6.45, 7) is 4.69. The van der Waals surface area contributed by atoms with Gasteiger partial charge < -0.3 is 10.8 Å². The Morgan fingerprint density at radius 3 is 2.58 bits per heavy atom. The van der Waals surface area contributed by atoms with E-state index >= 15 is 0 Å². The molecule has 0 aliphatic carbocycles. The van der Waals surface area contributed by atoms with Gasteiger partial charge in [-0.25, -0.2) is 4.79 Å². The maximum Gasteiger partial charge on any atom is 0.329 e. The summed E-state index contributed by atoms with van der Waals surface area (Å²) in [5, 5.41) is 10.1. The number of rotatable bonds is 5. The molecule has 0 aliphatic heterocycles. The summed E-state index contributed by atoms with van der Waals surface area (Å²) in [5.74, 6) is 0.442. The highest BCUT2D eigenvalue weighted by molar-refractivity contribution is 5.71. The van der Waals surface area contributed by atoms with Crippen LogP contribution in [0.4, 0.5) is 0 Å². The third-order valence-electron chi connectivity index (χ3n) is 1.65. The number of hydrogen-bond acceptors (Lipinski definition) is 3. The minimum Gasteiger partial charge on any atom is -0.394 e. The summed E-state index contributed by atoms with van der Waals surface area (Å²) < 4.78 is 0. The third kappa shape index (κ3) is 5.23. The van der Waals surface area contributed by atoms with E-state index in [1.165, 1.54) is 0 Å². The average Bonchev–Trinajstić information content (AvgIpc) is 2.02. The predicted molar refractivity (Wildman–Crippen MR) is 46.3 cm³/mol. The van der Waals surface area contributed by atoms with E-state index in [1.54, 1.807) is 5.32 Å². The van der Waals surface area contributed by atoms with Crippen LogP contribution in [0.3, 0.4) is 0 Å². The van der Waals surface area contributed by atoms with Gasteiger partial charge in [0.05, 0.1) is 13.2 Å². The molecular formula is C8H19N2O2+. The van der Waals surface area contributed by atoms with Crippen LogP contribution in [0.5, 0.6) is 0 Å². The smallest absolute Gasteiger partial charge is 0.329 e. The van der Waals surface area contributed by atoms with E-state index < -0.39 is 6.04 Å². The largest absolute Gasteiger partial charge is 0.394 e. The quantitative estimate of drug-likeness (QED) is 0.473. The minimum atomic E-state index is -0.725. The SMILES string of the molecule is CC(C)CC[NH2+]C(=O)C(N)CO. The Balaban J connectivity index is 3.44. The van der Waals surface area contributed by atoms with Crippen LogP contribution in [0.2, 0.25) is 0 Å². The Bertz CT molecular complexity index is 137. The highest BCUT2D eigenvalue weighted by Crippen LogP contribution is 1.93. The Morgan fingerprint density at radius 1 is 1.58 bits per heavy atom. The van der Waals surface area contributed by atoms with Crippen LogP contribution in [0.1, 0.15) is 20.3 Å². The number of aliphatic hydroxyl groups is 1. The van der Waals surface area contributed by atoms with Crippen LogP contribution in [-0.4, -0.2) is 30.2 Å². The van der Waals surface area contributed by atoms with Gasteiger partial charge >= 0.3 is 5.91 Å². The molecule has 5 N–H and O–H groups in total. The van der Waals surface area contributed by atoms with E-state index in [0.717, 1.165) is 13.0 Å². The molecule has 0 aliphatic rings. The van der Waals surface area contributed by atoms with Gasteiger partial charge in [-0.2, -0.15) is 0 Å². The first-order valence-corrected chi connectivity index (χ1v) is 4.31. The summed E-state index contributed by atoms with van der Waals surface area (Å²) in [6, 6.07) is -0.725. The van der Waals surface area contributed by atoms with Gasteiger partial charge in [0.2, 0.25) is 0 Å². The standard InChI is InChI=1S/C8H18N2O2/c1-6(2)3-4-10-8(12)7(9)5-11/h6-7,11H,3-5,9H2,1-2H3,(H,10,12)/p+1. The molecule has 0 saturated heterocycles. The molecule has 0 saturated carbocycles. The zero-order chi connectivity index (χ0) is 9.56. The van der Waals surface area contributed by atoms with Crippen LogP contribution >= 0.6 is 0 Å². The van der Waals surface area contributed by atoms with Gasteiger partial charge in [-0.05, 0) is 12.3 Å². The number of hydrogen-bond donors (Lipinski definition) is 3. The zero-order valence-corrected chi connectivity index (χ0v) is 7.79. The van der Waals surface area contributed by atoms with E-state index in [9.17, 15) is 4.79 Å². The Kier molecular flexibility index (Phi) is 5.88. The second-order valence-corrected chi connectivity index (χ2v) is 3.37. The van der Waals surface area contributed by atoms with Crippen molar-refractivity contribution in [2.24, 2.45) is 11.7 Å². The summed E-state index contributed by atoms with van der Waals surface area (Å²) in [5.41, 5.74) is 5.30. The van der Waals surface area contributed by atoms with Crippen LogP contribution in [0, 0.1) is 5.92 Å². The van der Waals surface area contributed by atoms with Gasteiger partial charge in [-0.3, -0.25) is 5.32 Å². The molecule has 0 bridgehead atoms. The van der Waals surface area contributed by atoms with Gasteiger partial charge in [-0.1, -0.05) is 13.8 Å². The number of aliphatic hydroxyl groups excluding tert-OH is 1. The lowest BCUT2D eigenvalue weighted by molar-refractivity contribution is -0.570. The predicted octanol–water partition coefficient (Wildman–Crippen LogP) is -1.56. The lowest BCUT2D eigenvalue weighted by atomic mass is 10.1. The van der Waals surface area contributed by atoms with Crippen molar-refractivity contribution in [1.29, 1.82) is 0 Å². The zero-order valence-electron chi connectivity index (χ0n) is 7.79. The molecule has 0 aromatic carbocycles. The molecule has 0 fully saturated rings. The Hall–Kier alpha value is -0.450. The van der Waals surface area contributed by atoms with Crippen molar-refractivity contribution in [2.45, 2.75) is 26.3 Å². The average molecular weight is 175 g/mol. The topological polar surface area (TPSA) is 79.9 Å². The first kappa shape index (κ1) is 11.6. The molecule has 1 unspecified atom stereocenters. The molecule has 0 aromatic heterocycles. The van der Waals surface area contributed by atoms with Crippen LogP contribution in [-0.2, 0) is 4.79 Å². The van der Waals surface area contributed by atoms with E-state index in [-0.39, 0.29) is 12.5 Å². The van der Waals surface area contributed by atoms with Crippen molar-refractivity contribution in [1.82, 2.24) is 0 Å². The number of primary amides is 1. The fourth-order valence-corrected chi connectivity index (χ4v) is 0.800. The molecule has 4 heteroatoms. The van der Waals surface area contributed by atoms with Crippen LogP contribution < -0.4 is 11.1 Å². The molecule has 0 heterocycles.